The van der Waals surface area contributed by atoms with Crippen LogP contribution < -0.4 is 0 Å². The molecule has 2 aliphatic rings. The van der Waals surface area contributed by atoms with Gasteiger partial charge in [0.1, 0.15) is 0 Å². The van der Waals surface area contributed by atoms with E-state index in [1.54, 1.807) is 0 Å². The third-order valence-corrected chi connectivity index (χ3v) is 3.57. The molecule has 2 heteroatoms. The Kier molecular flexibility index (Phi) is 3.65. The normalized spacial score (nSPS) is 26.1. The smallest absolute Gasteiger partial charge is 0.0272 e. The van der Waals surface area contributed by atoms with Gasteiger partial charge in [0.05, 0.1) is 0 Å². The molecule has 0 amide bonds. The van der Waals surface area contributed by atoms with E-state index in [-0.39, 0.29) is 0 Å². The van der Waals surface area contributed by atoms with Crippen LogP contribution in [0.3, 0.4) is 0 Å². The molecule has 1 heterocycles. The van der Waals surface area contributed by atoms with Crippen molar-refractivity contribution in [3.05, 3.63) is 29.0 Å². The topological polar surface area (TPSA) is 6.48 Å². The van der Waals surface area contributed by atoms with Gasteiger partial charge in [-0.15, -0.1) is 5.73 Å². The molecule has 0 aromatic carbocycles. The molecule has 0 radical (unpaired) electrons. The first-order valence-corrected chi connectivity index (χ1v) is 6.15. The average molecular weight is 218 g/mol. The number of allylic oxidation sites excluding steroid dienone is 2. The van der Waals surface area contributed by atoms with Crippen molar-refractivity contribution in [2.24, 2.45) is 0 Å². The van der Waals surface area contributed by atoms with Gasteiger partial charge in [0.2, 0.25) is 0 Å². The third kappa shape index (κ3) is 2.85. The fourth-order valence-electron chi connectivity index (χ4n) is 2.38. The van der Waals surface area contributed by atoms with Crippen molar-refractivity contribution in [2.75, 3.05) is 33.7 Å². The van der Waals surface area contributed by atoms with Gasteiger partial charge in [0.25, 0.3) is 0 Å². The van der Waals surface area contributed by atoms with Crippen LogP contribution in [-0.2, 0) is 0 Å². The molecule has 2 rings (SSSR count). The Morgan fingerprint density at radius 2 is 2.31 bits per heavy atom. The first-order chi connectivity index (χ1) is 7.65. The summed E-state index contributed by atoms with van der Waals surface area (Å²) in [5, 5.41) is 0. The van der Waals surface area contributed by atoms with E-state index in [0.29, 0.717) is 0 Å². The van der Waals surface area contributed by atoms with Crippen molar-refractivity contribution in [1.82, 2.24) is 9.80 Å². The fraction of sp³-hybridized carbons (Fsp3) is 0.643. The predicted molar refractivity (Wildman–Crippen MR) is 68.5 cm³/mol. The summed E-state index contributed by atoms with van der Waals surface area (Å²) in [6, 6.07) is 0.741. The van der Waals surface area contributed by atoms with Gasteiger partial charge in [-0.25, -0.2) is 0 Å². The lowest BCUT2D eigenvalue weighted by Gasteiger charge is -2.21. The zero-order chi connectivity index (χ0) is 11.5. The van der Waals surface area contributed by atoms with Gasteiger partial charge < -0.3 is 4.90 Å². The Balaban J connectivity index is 1.87. The van der Waals surface area contributed by atoms with Crippen LogP contribution in [0.4, 0.5) is 0 Å². The molecule has 16 heavy (non-hydrogen) atoms. The molecule has 0 spiro atoms. The minimum absolute atomic E-state index is 0.741. The van der Waals surface area contributed by atoms with Crippen molar-refractivity contribution in [3.8, 4) is 0 Å². The summed E-state index contributed by atoms with van der Waals surface area (Å²) in [4.78, 5) is 4.89. The van der Waals surface area contributed by atoms with Crippen LogP contribution >= 0.6 is 0 Å². The van der Waals surface area contributed by atoms with Crippen LogP contribution in [0.1, 0.15) is 19.8 Å². The fourth-order valence-corrected chi connectivity index (χ4v) is 2.38. The van der Waals surface area contributed by atoms with Crippen molar-refractivity contribution in [1.29, 1.82) is 0 Å². The highest BCUT2D eigenvalue weighted by atomic mass is 15.2. The molecule has 0 aromatic rings. The summed E-state index contributed by atoms with van der Waals surface area (Å²) in [6.45, 7) is 5.68. The molecule has 2 nitrogen and oxygen atoms in total. The van der Waals surface area contributed by atoms with Crippen molar-refractivity contribution in [3.63, 3.8) is 0 Å². The molecule has 1 atom stereocenters. The standard InChI is InChI=1S/C14H22N2/c1-12-4-6-13(7-5-12)10-16-9-8-14(11-16)15(2)3/h4-5,14H,6,8-11H2,1-3H3. The van der Waals surface area contributed by atoms with E-state index < -0.39 is 0 Å². The Hall–Kier alpha value is -0.820. The monoisotopic (exact) mass is 218 g/mol. The summed E-state index contributed by atoms with van der Waals surface area (Å²) in [5.41, 5.74) is 6.19. The second-order valence-electron chi connectivity index (χ2n) is 5.19. The number of likely N-dealkylation sites (N-methyl/N-ethyl adjacent to an activating group) is 1. The largest absolute Gasteiger partial charge is 0.305 e. The number of hydrogen-bond donors (Lipinski definition) is 0. The first kappa shape index (κ1) is 11.7. The van der Waals surface area contributed by atoms with Crippen molar-refractivity contribution < 1.29 is 0 Å². The van der Waals surface area contributed by atoms with Crippen LogP contribution in [0.5, 0.6) is 0 Å². The molecule has 1 aliphatic heterocycles. The molecule has 88 valence electrons. The van der Waals surface area contributed by atoms with E-state index in [1.165, 1.54) is 30.7 Å². The quantitative estimate of drug-likeness (QED) is 0.669. The third-order valence-electron chi connectivity index (χ3n) is 3.57. The Labute approximate surface area is 98.9 Å². The molecule has 0 bridgehead atoms. The van der Waals surface area contributed by atoms with E-state index in [4.69, 9.17) is 0 Å². The SMILES string of the molecule is CC1=CCC(CN2CCC(N(C)C)C2)=C=C1. The van der Waals surface area contributed by atoms with Crippen LogP contribution in [-0.4, -0.2) is 49.6 Å². The van der Waals surface area contributed by atoms with Crippen LogP contribution in [0.25, 0.3) is 0 Å². The van der Waals surface area contributed by atoms with Crippen LogP contribution in [0.15, 0.2) is 29.0 Å². The first-order valence-electron chi connectivity index (χ1n) is 6.15. The highest BCUT2D eigenvalue weighted by Gasteiger charge is 2.24. The Morgan fingerprint density at radius 3 is 2.88 bits per heavy atom. The van der Waals surface area contributed by atoms with Gasteiger partial charge in [-0.2, -0.15) is 0 Å². The molecule has 1 aliphatic carbocycles. The predicted octanol–water partition coefficient (Wildman–Crippen LogP) is 2.05. The van der Waals surface area contributed by atoms with E-state index in [2.05, 4.69) is 48.7 Å². The lowest BCUT2D eigenvalue weighted by Crippen LogP contribution is -2.32. The van der Waals surface area contributed by atoms with Crippen LogP contribution in [0.2, 0.25) is 0 Å². The van der Waals surface area contributed by atoms with Gasteiger partial charge >= 0.3 is 0 Å². The average Bonchev–Trinajstić information content (AvgIpc) is 2.70. The highest BCUT2D eigenvalue weighted by Crippen LogP contribution is 2.17. The Morgan fingerprint density at radius 1 is 1.50 bits per heavy atom. The lowest BCUT2D eigenvalue weighted by molar-refractivity contribution is 0.277. The van der Waals surface area contributed by atoms with E-state index in [9.17, 15) is 0 Å². The van der Waals surface area contributed by atoms with Crippen molar-refractivity contribution in [2.45, 2.75) is 25.8 Å². The van der Waals surface area contributed by atoms with Crippen molar-refractivity contribution >= 4 is 0 Å². The van der Waals surface area contributed by atoms with Gasteiger partial charge in [0, 0.05) is 25.7 Å². The molecular formula is C14H22N2. The second kappa shape index (κ2) is 5.01. The summed E-state index contributed by atoms with van der Waals surface area (Å²) in [6.07, 6.45) is 6.80. The van der Waals surface area contributed by atoms with Crippen LogP contribution in [0, 0.1) is 0 Å². The summed E-state index contributed by atoms with van der Waals surface area (Å²) < 4.78 is 0. The molecule has 0 aromatic heterocycles. The molecule has 0 saturated carbocycles. The van der Waals surface area contributed by atoms with Gasteiger partial charge in [0.15, 0.2) is 0 Å². The summed E-state index contributed by atoms with van der Waals surface area (Å²) in [7, 11) is 4.36. The highest BCUT2D eigenvalue weighted by molar-refractivity contribution is 5.26. The molecule has 0 N–H and O–H groups in total. The minimum atomic E-state index is 0.741. The zero-order valence-electron chi connectivity index (χ0n) is 10.7. The molecule has 1 saturated heterocycles. The molecule has 1 unspecified atom stereocenters. The van der Waals surface area contributed by atoms with Gasteiger partial charge in [-0.3, -0.25) is 4.90 Å². The molecular weight excluding hydrogens is 196 g/mol. The van der Waals surface area contributed by atoms with E-state index >= 15 is 0 Å². The van der Waals surface area contributed by atoms with Gasteiger partial charge in [-0.05, 0) is 51.1 Å². The maximum atomic E-state index is 3.41. The summed E-state index contributed by atoms with van der Waals surface area (Å²) >= 11 is 0. The zero-order valence-corrected chi connectivity index (χ0v) is 10.7. The number of rotatable bonds is 3. The van der Waals surface area contributed by atoms with E-state index in [0.717, 1.165) is 19.0 Å². The maximum Gasteiger partial charge on any atom is 0.0272 e. The summed E-state index contributed by atoms with van der Waals surface area (Å²) in [5.74, 6) is 0. The Bertz CT molecular complexity index is 346. The number of nitrogens with zero attached hydrogens (tertiary/aromatic N) is 2. The minimum Gasteiger partial charge on any atom is -0.305 e. The number of likely N-dealkylation sites (tertiary alicyclic amines) is 1. The number of hydrogen-bond acceptors (Lipinski definition) is 2. The van der Waals surface area contributed by atoms with E-state index in [1.807, 2.05) is 0 Å². The molecule has 1 fully saturated rings. The second-order valence-corrected chi connectivity index (χ2v) is 5.19. The maximum absolute atomic E-state index is 3.41. The lowest BCUT2D eigenvalue weighted by atomic mass is 10.1. The van der Waals surface area contributed by atoms with Gasteiger partial charge in [-0.1, -0.05) is 6.08 Å².